The number of aryl methyl sites for hydroxylation is 2. The van der Waals surface area contributed by atoms with E-state index in [4.69, 9.17) is 10.1 Å². The first kappa shape index (κ1) is 21.8. The van der Waals surface area contributed by atoms with Crippen LogP contribution in [0.2, 0.25) is 0 Å². The molecule has 2 aromatic rings. The van der Waals surface area contributed by atoms with E-state index in [9.17, 15) is 9.59 Å². The number of carbonyl (C=O) groups excluding carboxylic acids is 2. The first-order chi connectivity index (χ1) is 14.7. The lowest BCUT2D eigenvalue weighted by atomic mass is 10.0. The van der Waals surface area contributed by atoms with Crippen molar-refractivity contribution in [2.45, 2.75) is 91.1 Å². The molecule has 0 radical (unpaired) electrons. The van der Waals surface area contributed by atoms with E-state index >= 15 is 0 Å². The quantitative estimate of drug-likeness (QED) is 0.734. The minimum absolute atomic E-state index is 0.0556. The van der Waals surface area contributed by atoms with E-state index in [1.165, 1.54) is 0 Å². The van der Waals surface area contributed by atoms with Gasteiger partial charge in [0.2, 0.25) is 11.8 Å². The molecular weight excluding hydrogens is 390 g/mol. The SMILES string of the molecule is CCC(C)(C)NC(=O)CCc1c(C)nc2cc([C@H]3CCCN3C(=O)C3CC3)nn2c1C. The molecule has 1 atom stereocenters. The van der Waals surface area contributed by atoms with E-state index in [2.05, 4.69) is 12.2 Å². The third-order valence-corrected chi connectivity index (χ3v) is 6.95. The Hall–Kier alpha value is -2.44. The highest BCUT2D eigenvalue weighted by Gasteiger charge is 2.39. The molecule has 0 spiro atoms. The van der Waals surface area contributed by atoms with Crippen LogP contribution in [0, 0.1) is 19.8 Å². The number of amides is 2. The fourth-order valence-electron chi connectivity index (χ4n) is 4.54. The highest BCUT2D eigenvalue weighted by Crippen LogP contribution is 2.38. The zero-order valence-electron chi connectivity index (χ0n) is 19.5. The van der Waals surface area contributed by atoms with E-state index in [-0.39, 0.29) is 23.4 Å². The molecule has 7 heteroatoms. The maximum absolute atomic E-state index is 12.7. The van der Waals surface area contributed by atoms with E-state index < -0.39 is 0 Å². The van der Waals surface area contributed by atoms with Crippen LogP contribution in [0.5, 0.6) is 0 Å². The van der Waals surface area contributed by atoms with Gasteiger partial charge in [-0.15, -0.1) is 0 Å². The van der Waals surface area contributed by atoms with Crippen molar-refractivity contribution in [3.63, 3.8) is 0 Å². The predicted octanol–water partition coefficient (Wildman–Crippen LogP) is 3.66. The predicted molar refractivity (Wildman–Crippen MR) is 120 cm³/mol. The van der Waals surface area contributed by atoms with E-state index in [0.29, 0.717) is 18.7 Å². The smallest absolute Gasteiger partial charge is 0.226 e. The number of nitrogens with one attached hydrogen (secondary N) is 1. The molecule has 2 aromatic heterocycles. The van der Waals surface area contributed by atoms with Gasteiger partial charge >= 0.3 is 0 Å². The van der Waals surface area contributed by atoms with Crippen LogP contribution < -0.4 is 5.32 Å². The maximum Gasteiger partial charge on any atom is 0.226 e. The Bertz CT molecular complexity index is 1010. The van der Waals surface area contributed by atoms with Crippen molar-refractivity contribution < 1.29 is 9.59 Å². The molecular formula is C24H35N5O2. The largest absolute Gasteiger partial charge is 0.351 e. The van der Waals surface area contributed by atoms with Gasteiger partial charge in [0.25, 0.3) is 0 Å². The number of aromatic nitrogens is 3. The molecule has 0 aromatic carbocycles. The number of likely N-dealkylation sites (tertiary alicyclic amines) is 1. The third-order valence-electron chi connectivity index (χ3n) is 6.95. The van der Waals surface area contributed by atoms with Crippen LogP contribution in [0.15, 0.2) is 6.07 Å². The van der Waals surface area contributed by atoms with Crippen molar-refractivity contribution in [1.29, 1.82) is 0 Å². The fourth-order valence-corrected chi connectivity index (χ4v) is 4.54. The minimum Gasteiger partial charge on any atom is -0.351 e. The molecule has 4 rings (SSSR count). The van der Waals surface area contributed by atoms with Gasteiger partial charge in [-0.1, -0.05) is 6.92 Å². The van der Waals surface area contributed by atoms with Crippen LogP contribution in [-0.2, 0) is 16.0 Å². The second-order valence-electron chi connectivity index (χ2n) is 9.85. The Morgan fingerprint density at radius 2 is 1.97 bits per heavy atom. The zero-order chi connectivity index (χ0) is 22.3. The van der Waals surface area contributed by atoms with Gasteiger partial charge in [-0.2, -0.15) is 5.10 Å². The van der Waals surface area contributed by atoms with Crippen LogP contribution in [0.4, 0.5) is 0 Å². The van der Waals surface area contributed by atoms with Gasteiger partial charge in [0.1, 0.15) is 0 Å². The summed E-state index contributed by atoms with van der Waals surface area (Å²) in [6, 6.07) is 2.09. The number of hydrogen-bond donors (Lipinski definition) is 1. The molecule has 2 amide bonds. The summed E-state index contributed by atoms with van der Waals surface area (Å²) in [5.41, 5.74) is 4.59. The van der Waals surface area contributed by atoms with Crippen molar-refractivity contribution in [3.8, 4) is 0 Å². The first-order valence-corrected chi connectivity index (χ1v) is 11.7. The van der Waals surface area contributed by atoms with Crippen LogP contribution in [-0.4, -0.2) is 43.4 Å². The number of fused-ring (bicyclic) bond motifs is 1. The van der Waals surface area contributed by atoms with Crippen LogP contribution in [0.1, 0.15) is 88.0 Å². The number of carbonyl (C=O) groups is 2. The Morgan fingerprint density at radius 3 is 2.65 bits per heavy atom. The Labute approximate surface area is 184 Å². The first-order valence-electron chi connectivity index (χ1n) is 11.7. The highest BCUT2D eigenvalue weighted by molar-refractivity contribution is 5.81. The summed E-state index contributed by atoms with van der Waals surface area (Å²) in [4.78, 5) is 31.9. The number of rotatable bonds is 7. The topological polar surface area (TPSA) is 79.6 Å². The summed E-state index contributed by atoms with van der Waals surface area (Å²) in [6.45, 7) is 11.0. The van der Waals surface area contributed by atoms with Crippen molar-refractivity contribution in [2.75, 3.05) is 6.54 Å². The van der Waals surface area contributed by atoms with Gasteiger partial charge in [-0.05, 0) is 71.8 Å². The summed E-state index contributed by atoms with van der Waals surface area (Å²) in [5, 5.41) is 7.97. The molecule has 1 aliphatic heterocycles. The number of nitrogens with zero attached hydrogens (tertiary/aromatic N) is 4. The lowest BCUT2D eigenvalue weighted by Crippen LogP contribution is -2.42. The van der Waals surface area contributed by atoms with Crippen molar-refractivity contribution in [3.05, 3.63) is 28.7 Å². The molecule has 1 saturated heterocycles. The van der Waals surface area contributed by atoms with Crippen LogP contribution in [0.3, 0.4) is 0 Å². The van der Waals surface area contributed by atoms with Crippen LogP contribution >= 0.6 is 0 Å². The molecule has 0 unspecified atom stereocenters. The summed E-state index contributed by atoms with van der Waals surface area (Å²) in [5.74, 6) is 0.587. The van der Waals surface area contributed by atoms with Gasteiger partial charge < -0.3 is 10.2 Å². The molecule has 1 N–H and O–H groups in total. The summed E-state index contributed by atoms with van der Waals surface area (Å²) < 4.78 is 1.89. The van der Waals surface area contributed by atoms with Gasteiger partial charge in [-0.25, -0.2) is 9.50 Å². The summed E-state index contributed by atoms with van der Waals surface area (Å²) in [6.07, 6.45) is 5.99. The second-order valence-corrected chi connectivity index (χ2v) is 9.85. The zero-order valence-corrected chi connectivity index (χ0v) is 19.5. The van der Waals surface area contributed by atoms with Crippen molar-refractivity contribution in [2.24, 2.45) is 5.92 Å². The highest BCUT2D eigenvalue weighted by atomic mass is 16.2. The monoisotopic (exact) mass is 425 g/mol. The normalized spacial score (nSPS) is 19.3. The second kappa shape index (κ2) is 8.24. The summed E-state index contributed by atoms with van der Waals surface area (Å²) in [7, 11) is 0. The molecule has 168 valence electrons. The third kappa shape index (κ3) is 4.46. The molecule has 0 bridgehead atoms. The molecule has 3 heterocycles. The fraction of sp³-hybridized carbons (Fsp3) is 0.667. The molecule has 2 fully saturated rings. The van der Waals surface area contributed by atoms with Gasteiger partial charge in [0, 0.05) is 41.9 Å². The van der Waals surface area contributed by atoms with Crippen LogP contribution in [0.25, 0.3) is 5.65 Å². The maximum atomic E-state index is 12.7. The average Bonchev–Trinajstić information content (AvgIpc) is 3.29. The Balaban J connectivity index is 1.54. The van der Waals surface area contributed by atoms with Gasteiger partial charge in [0.05, 0.1) is 11.7 Å². The van der Waals surface area contributed by atoms with Gasteiger partial charge in [0.15, 0.2) is 5.65 Å². The molecule has 7 nitrogen and oxygen atoms in total. The average molecular weight is 426 g/mol. The van der Waals surface area contributed by atoms with Crippen molar-refractivity contribution >= 4 is 17.5 Å². The number of hydrogen-bond acceptors (Lipinski definition) is 4. The van der Waals surface area contributed by atoms with E-state index in [1.54, 1.807) is 0 Å². The molecule has 31 heavy (non-hydrogen) atoms. The van der Waals surface area contributed by atoms with E-state index in [0.717, 1.165) is 66.9 Å². The molecule has 1 saturated carbocycles. The van der Waals surface area contributed by atoms with Gasteiger partial charge in [-0.3, -0.25) is 9.59 Å². The lowest BCUT2D eigenvalue weighted by molar-refractivity contribution is -0.133. The molecule has 2 aliphatic rings. The standard InChI is InChI=1S/C24H35N5O2/c1-6-24(4,5)26-22(30)12-11-18-15(2)25-21-14-19(27-29(21)16(18)3)20-8-7-13-28(20)23(31)17-9-10-17/h14,17,20H,6-13H2,1-5H3,(H,26,30)/t20-/m1/s1. The minimum atomic E-state index is -0.189. The molecule has 1 aliphatic carbocycles. The Morgan fingerprint density at radius 1 is 1.23 bits per heavy atom. The van der Waals surface area contributed by atoms with E-state index in [1.807, 2.05) is 43.2 Å². The lowest BCUT2D eigenvalue weighted by Gasteiger charge is -2.24. The van der Waals surface area contributed by atoms with Crippen molar-refractivity contribution in [1.82, 2.24) is 24.8 Å². The summed E-state index contributed by atoms with van der Waals surface area (Å²) >= 11 is 0. The Kier molecular flexibility index (Phi) is 5.79.